The largest absolute Gasteiger partial charge is 0.495 e. The average molecular weight is 441 g/mol. The summed E-state index contributed by atoms with van der Waals surface area (Å²) >= 11 is 8.12. The second kappa shape index (κ2) is 6.57. The number of benzene rings is 1. The van der Waals surface area contributed by atoms with Crippen LogP contribution in [0.5, 0.6) is 5.75 Å². The highest BCUT2D eigenvalue weighted by Gasteiger charge is 2.20. The minimum absolute atomic E-state index is 0.113. The number of halogens is 2. The van der Waals surface area contributed by atoms with Crippen molar-refractivity contribution in [3.8, 4) is 5.75 Å². The molecule has 20 heavy (non-hydrogen) atoms. The van der Waals surface area contributed by atoms with Gasteiger partial charge in [0.2, 0.25) is 10.0 Å². The molecule has 1 aromatic heterocycles. The summed E-state index contributed by atoms with van der Waals surface area (Å²) in [6, 6.07) is 6.74. The van der Waals surface area contributed by atoms with Crippen LogP contribution in [-0.2, 0) is 16.6 Å². The van der Waals surface area contributed by atoms with Crippen LogP contribution in [0.1, 0.15) is 4.88 Å². The van der Waals surface area contributed by atoms with Crippen molar-refractivity contribution >= 4 is 53.2 Å². The first-order valence-electron chi connectivity index (χ1n) is 5.49. The number of nitrogens with one attached hydrogen (secondary N) is 1. The molecule has 0 amide bonds. The van der Waals surface area contributed by atoms with E-state index in [1.165, 1.54) is 24.5 Å². The van der Waals surface area contributed by atoms with Gasteiger partial charge in [0.05, 0.1) is 7.11 Å². The van der Waals surface area contributed by atoms with E-state index in [1.807, 2.05) is 11.4 Å². The highest BCUT2D eigenvalue weighted by atomic mass is 79.9. The van der Waals surface area contributed by atoms with Crippen molar-refractivity contribution in [3.63, 3.8) is 0 Å². The molecule has 108 valence electrons. The van der Waals surface area contributed by atoms with E-state index in [0.717, 1.165) is 9.35 Å². The van der Waals surface area contributed by atoms with E-state index < -0.39 is 10.0 Å². The summed E-state index contributed by atoms with van der Waals surface area (Å²) in [6.07, 6.45) is 0. The minimum atomic E-state index is -3.64. The average Bonchev–Trinajstić information content (AvgIpc) is 2.82. The Hall–Kier alpha value is -0.410. The SMILES string of the molecule is COc1ccc(Br)cc1S(=O)(=O)NCc1sccc1Br. The van der Waals surface area contributed by atoms with Gasteiger partial charge in [0.15, 0.2) is 0 Å². The Morgan fingerprint density at radius 3 is 2.65 bits per heavy atom. The van der Waals surface area contributed by atoms with Crippen molar-refractivity contribution < 1.29 is 13.2 Å². The number of hydrogen-bond acceptors (Lipinski definition) is 4. The van der Waals surface area contributed by atoms with Gasteiger partial charge in [-0.25, -0.2) is 13.1 Å². The van der Waals surface area contributed by atoms with E-state index in [9.17, 15) is 8.42 Å². The van der Waals surface area contributed by atoms with E-state index in [-0.39, 0.29) is 11.4 Å². The number of methoxy groups -OCH3 is 1. The van der Waals surface area contributed by atoms with Crippen LogP contribution in [0, 0.1) is 0 Å². The lowest BCUT2D eigenvalue weighted by atomic mass is 10.3. The Morgan fingerprint density at radius 2 is 2.05 bits per heavy atom. The maximum Gasteiger partial charge on any atom is 0.244 e. The third-order valence-electron chi connectivity index (χ3n) is 2.53. The molecule has 1 heterocycles. The van der Waals surface area contributed by atoms with E-state index in [4.69, 9.17) is 4.74 Å². The van der Waals surface area contributed by atoms with Crippen LogP contribution in [0.15, 0.2) is 43.5 Å². The van der Waals surface area contributed by atoms with Crippen LogP contribution in [0.4, 0.5) is 0 Å². The van der Waals surface area contributed by atoms with Gasteiger partial charge in [-0.3, -0.25) is 0 Å². The van der Waals surface area contributed by atoms with Crippen molar-refractivity contribution in [2.24, 2.45) is 0 Å². The van der Waals surface area contributed by atoms with E-state index in [1.54, 1.807) is 12.1 Å². The Labute approximate surface area is 138 Å². The van der Waals surface area contributed by atoms with Gasteiger partial charge < -0.3 is 4.74 Å². The normalized spacial score (nSPS) is 11.6. The van der Waals surface area contributed by atoms with Gasteiger partial charge in [-0.2, -0.15) is 0 Å². The molecule has 8 heteroatoms. The lowest BCUT2D eigenvalue weighted by Crippen LogP contribution is -2.23. The molecular weight excluding hydrogens is 430 g/mol. The third kappa shape index (κ3) is 3.62. The van der Waals surface area contributed by atoms with Gasteiger partial charge in [0.25, 0.3) is 0 Å². The topological polar surface area (TPSA) is 55.4 Å². The number of ether oxygens (including phenoxy) is 1. The summed E-state index contributed by atoms with van der Waals surface area (Å²) < 4.78 is 33.9. The van der Waals surface area contributed by atoms with Crippen molar-refractivity contribution in [2.45, 2.75) is 11.4 Å². The Bertz CT molecular complexity index is 713. The number of sulfonamides is 1. The van der Waals surface area contributed by atoms with Crippen LogP contribution in [0.2, 0.25) is 0 Å². The highest BCUT2D eigenvalue weighted by Crippen LogP contribution is 2.28. The van der Waals surface area contributed by atoms with Crippen LogP contribution >= 0.6 is 43.2 Å². The molecule has 0 aliphatic rings. The first-order valence-corrected chi connectivity index (χ1v) is 9.44. The van der Waals surface area contributed by atoms with Gasteiger partial charge in [-0.1, -0.05) is 15.9 Å². The van der Waals surface area contributed by atoms with Crippen molar-refractivity contribution in [1.82, 2.24) is 4.72 Å². The predicted octanol–water partition coefficient (Wildman–Crippen LogP) is 3.76. The lowest BCUT2D eigenvalue weighted by molar-refractivity contribution is 0.402. The van der Waals surface area contributed by atoms with E-state index in [0.29, 0.717) is 10.2 Å². The summed E-state index contributed by atoms with van der Waals surface area (Å²) in [5, 5.41) is 1.90. The van der Waals surface area contributed by atoms with E-state index >= 15 is 0 Å². The van der Waals surface area contributed by atoms with Gasteiger partial charge >= 0.3 is 0 Å². The molecule has 0 atom stereocenters. The Kier molecular flexibility index (Phi) is 5.25. The molecule has 1 aromatic carbocycles. The fraction of sp³-hybridized carbons (Fsp3) is 0.167. The standard InChI is InChI=1S/C12H11Br2NO3S2/c1-18-10-3-2-8(13)6-12(10)20(16,17)15-7-11-9(14)4-5-19-11/h2-6,15H,7H2,1H3. The van der Waals surface area contributed by atoms with E-state index in [2.05, 4.69) is 36.6 Å². The number of rotatable bonds is 5. The summed E-state index contributed by atoms with van der Waals surface area (Å²) in [6.45, 7) is 0.232. The van der Waals surface area contributed by atoms with Gasteiger partial charge in [-0.15, -0.1) is 11.3 Å². The molecule has 0 aliphatic heterocycles. The summed E-state index contributed by atoms with van der Waals surface area (Å²) in [5.41, 5.74) is 0. The molecule has 0 aliphatic carbocycles. The zero-order valence-corrected chi connectivity index (χ0v) is 15.2. The molecule has 0 spiro atoms. The molecule has 0 unspecified atom stereocenters. The monoisotopic (exact) mass is 439 g/mol. The molecule has 0 fully saturated rings. The smallest absolute Gasteiger partial charge is 0.244 e. The maximum atomic E-state index is 12.3. The fourth-order valence-electron chi connectivity index (χ4n) is 1.55. The zero-order chi connectivity index (χ0) is 14.8. The second-order valence-corrected chi connectivity index (χ2v) is 8.32. The lowest BCUT2D eigenvalue weighted by Gasteiger charge is -2.10. The molecule has 0 bridgehead atoms. The number of thiophene rings is 1. The predicted molar refractivity (Wildman–Crippen MR) is 86.7 cm³/mol. The molecular formula is C12H11Br2NO3S2. The second-order valence-electron chi connectivity index (χ2n) is 3.81. The first kappa shape index (κ1) is 16.0. The maximum absolute atomic E-state index is 12.3. The molecule has 0 saturated heterocycles. The molecule has 1 N–H and O–H groups in total. The van der Waals surface area contributed by atoms with Gasteiger partial charge in [0, 0.05) is 20.4 Å². The van der Waals surface area contributed by atoms with Crippen LogP contribution < -0.4 is 9.46 Å². The third-order valence-corrected chi connectivity index (χ3v) is 6.37. The van der Waals surface area contributed by atoms with Crippen LogP contribution in [0.25, 0.3) is 0 Å². The van der Waals surface area contributed by atoms with Crippen molar-refractivity contribution in [2.75, 3.05) is 7.11 Å². The quantitative estimate of drug-likeness (QED) is 0.769. The van der Waals surface area contributed by atoms with Gasteiger partial charge in [-0.05, 0) is 45.6 Å². The molecule has 4 nitrogen and oxygen atoms in total. The van der Waals surface area contributed by atoms with Gasteiger partial charge in [0.1, 0.15) is 10.6 Å². The summed E-state index contributed by atoms with van der Waals surface area (Å²) in [7, 11) is -2.19. The summed E-state index contributed by atoms with van der Waals surface area (Å²) in [5.74, 6) is 0.311. The highest BCUT2D eigenvalue weighted by molar-refractivity contribution is 9.10. The minimum Gasteiger partial charge on any atom is -0.495 e. The van der Waals surface area contributed by atoms with Crippen LogP contribution in [0.3, 0.4) is 0 Å². The van der Waals surface area contributed by atoms with Crippen molar-refractivity contribution in [3.05, 3.63) is 43.5 Å². The fourth-order valence-corrected chi connectivity index (χ4v) is 4.77. The number of hydrogen-bond donors (Lipinski definition) is 1. The molecule has 0 saturated carbocycles. The Morgan fingerprint density at radius 1 is 1.30 bits per heavy atom. The summed E-state index contributed by atoms with van der Waals surface area (Å²) in [4.78, 5) is 1.03. The first-order chi connectivity index (χ1) is 9.44. The van der Waals surface area contributed by atoms with Crippen molar-refractivity contribution in [1.29, 1.82) is 0 Å². The molecule has 2 rings (SSSR count). The molecule has 2 aromatic rings. The Balaban J connectivity index is 2.26. The molecule has 0 radical (unpaired) electrons. The zero-order valence-electron chi connectivity index (χ0n) is 10.4. The van der Waals surface area contributed by atoms with Crippen LogP contribution in [-0.4, -0.2) is 15.5 Å².